The third kappa shape index (κ3) is 2.02. The lowest BCUT2D eigenvalue weighted by Crippen LogP contribution is -1.92. The summed E-state index contributed by atoms with van der Waals surface area (Å²) in [5.74, 6) is 0.756. The van der Waals surface area contributed by atoms with E-state index < -0.39 is 0 Å². The summed E-state index contributed by atoms with van der Waals surface area (Å²) in [6.07, 6.45) is 0. The number of hydrogen-bond acceptors (Lipinski definition) is 2. The number of hydrogen-bond donors (Lipinski definition) is 1. The molecule has 1 aromatic carbocycles. The maximum Gasteiger partial charge on any atom is 0.120 e. The van der Waals surface area contributed by atoms with Gasteiger partial charge < -0.3 is 10.5 Å². The molecule has 0 spiro atoms. The summed E-state index contributed by atoms with van der Waals surface area (Å²) in [6.45, 7) is 2.56. The molecule has 2 nitrogen and oxygen atoms in total. The molecule has 3 heteroatoms. The number of nitrogens with two attached hydrogens (primary N) is 1. The highest BCUT2D eigenvalue weighted by molar-refractivity contribution is 6.33. The smallest absolute Gasteiger partial charge is 0.120 e. The molecule has 0 amide bonds. The van der Waals surface area contributed by atoms with Crippen molar-refractivity contribution in [2.24, 2.45) is 0 Å². The van der Waals surface area contributed by atoms with Crippen LogP contribution in [-0.2, 0) is 0 Å². The van der Waals surface area contributed by atoms with E-state index in [1.165, 1.54) is 0 Å². The fourth-order valence-corrected chi connectivity index (χ4v) is 0.935. The lowest BCUT2D eigenvalue weighted by molar-refractivity contribution is 0.340. The number of nitrogen functional groups attached to an aromatic ring is 1. The molecular formula is C8H10ClNO. The van der Waals surface area contributed by atoms with Crippen molar-refractivity contribution in [1.29, 1.82) is 0 Å². The Hall–Kier alpha value is -0.890. The first-order chi connectivity index (χ1) is 5.24. The molecule has 1 rings (SSSR count). The number of benzene rings is 1. The van der Waals surface area contributed by atoms with Gasteiger partial charge in [-0.2, -0.15) is 0 Å². The van der Waals surface area contributed by atoms with Crippen molar-refractivity contribution in [3.63, 3.8) is 0 Å². The molecule has 0 aromatic heterocycles. The molecule has 0 radical (unpaired) electrons. The predicted octanol–water partition coefficient (Wildman–Crippen LogP) is 2.32. The topological polar surface area (TPSA) is 35.2 Å². The van der Waals surface area contributed by atoms with Crippen molar-refractivity contribution < 1.29 is 4.74 Å². The third-order valence-corrected chi connectivity index (χ3v) is 1.61. The van der Waals surface area contributed by atoms with Gasteiger partial charge in [0.15, 0.2) is 0 Å². The molecule has 0 bridgehead atoms. The van der Waals surface area contributed by atoms with Gasteiger partial charge in [0.05, 0.1) is 17.3 Å². The summed E-state index contributed by atoms with van der Waals surface area (Å²) < 4.78 is 5.20. The quantitative estimate of drug-likeness (QED) is 0.694. The van der Waals surface area contributed by atoms with Crippen LogP contribution in [0.3, 0.4) is 0 Å². The zero-order valence-corrected chi connectivity index (χ0v) is 7.06. The summed E-state index contributed by atoms with van der Waals surface area (Å²) in [4.78, 5) is 0. The van der Waals surface area contributed by atoms with Crippen LogP contribution in [0.4, 0.5) is 5.69 Å². The van der Waals surface area contributed by atoms with E-state index in [1.54, 1.807) is 18.2 Å². The maximum atomic E-state index is 5.74. The summed E-state index contributed by atoms with van der Waals surface area (Å²) in [5, 5.41) is 0.538. The minimum absolute atomic E-state index is 0.538. The van der Waals surface area contributed by atoms with E-state index in [-0.39, 0.29) is 0 Å². The number of rotatable bonds is 2. The molecule has 0 aliphatic rings. The van der Waals surface area contributed by atoms with Crippen LogP contribution >= 0.6 is 11.6 Å². The highest BCUT2D eigenvalue weighted by Gasteiger charge is 1.97. The first-order valence-electron chi connectivity index (χ1n) is 3.42. The van der Waals surface area contributed by atoms with Crippen LogP contribution in [0, 0.1) is 0 Å². The lowest BCUT2D eigenvalue weighted by Gasteiger charge is -2.03. The van der Waals surface area contributed by atoms with Crippen molar-refractivity contribution in [2.45, 2.75) is 6.92 Å². The Balaban J connectivity index is 2.86. The molecule has 0 saturated carbocycles. The number of ether oxygens (including phenoxy) is 1. The second-order valence-electron chi connectivity index (χ2n) is 2.12. The van der Waals surface area contributed by atoms with Gasteiger partial charge in [-0.3, -0.25) is 0 Å². The largest absolute Gasteiger partial charge is 0.494 e. The second-order valence-corrected chi connectivity index (χ2v) is 2.52. The van der Waals surface area contributed by atoms with E-state index in [0.29, 0.717) is 17.3 Å². The Bertz CT molecular complexity index is 250. The number of halogens is 1. The Morgan fingerprint density at radius 2 is 2.27 bits per heavy atom. The molecule has 0 fully saturated rings. The van der Waals surface area contributed by atoms with Crippen LogP contribution in [0.1, 0.15) is 6.92 Å². The van der Waals surface area contributed by atoms with Crippen molar-refractivity contribution >= 4 is 17.3 Å². The zero-order chi connectivity index (χ0) is 8.27. The minimum atomic E-state index is 0.538. The van der Waals surface area contributed by atoms with Gasteiger partial charge in [-0.05, 0) is 19.1 Å². The first-order valence-corrected chi connectivity index (χ1v) is 3.79. The monoisotopic (exact) mass is 171 g/mol. The molecule has 2 N–H and O–H groups in total. The minimum Gasteiger partial charge on any atom is -0.494 e. The van der Waals surface area contributed by atoms with Crippen molar-refractivity contribution in [3.05, 3.63) is 23.2 Å². The van der Waals surface area contributed by atoms with E-state index in [4.69, 9.17) is 22.1 Å². The molecule has 0 heterocycles. The fraction of sp³-hybridized carbons (Fsp3) is 0.250. The van der Waals surface area contributed by atoms with Crippen molar-refractivity contribution in [2.75, 3.05) is 12.3 Å². The second kappa shape index (κ2) is 3.49. The summed E-state index contributed by atoms with van der Waals surface area (Å²) in [5.41, 5.74) is 6.08. The SMILES string of the molecule is CCOc1ccc(N)c(Cl)c1. The van der Waals surface area contributed by atoms with Gasteiger partial charge in [0.1, 0.15) is 5.75 Å². The average molecular weight is 172 g/mol. The lowest BCUT2D eigenvalue weighted by atomic mass is 10.3. The Morgan fingerprint density at radius 3 is 2.82 bits per heavy atom. The van der Waals surface area contributed by atoms with Gasteiger partial charge in [-0.15, -0.1) is 0 Å². The predicted molar refractivity (Wildman–Crippen MR) is 47.0 cm³/mol. The van der Waals surface area contributed by atoms with Crippen LogP contribution < -0.4 is 10.5 Å². The fourth-order valence-electron chi connectivity index (χ4n) is 0.764. The molecule has 11 heavy (non-hydrogen) atoms. The van der Waals surface area contributed by atoms with Crippen LogP contribution in [0.15, 0.2) is 18.2 Å². The Morgan fingerprint density at radius 1 is 1.55 bits per heavy atom. The molecule has 0 aliphatic carbocycles. The van der Waals surface area contributed by atoms with Gasteiger partial charge in [0.25, 0.3) is 0 Å². The van der Waals surface area contributed by atoms with Gasteiger partial charge in [-0.25, -0.2) is 0 Å². The molecule has 0 aliphatic heterocycles. The highest BCUT2D eigenvalue weighted by atomic mass is 35.5. The van der Waals surface area contributed by atoms with Crippen LogP contribution in [0.2, 0.25) is 5.02 Å². The van der Waals surface area contributed by atoms with Gasteiger partial charge in [-0.1, -0.05) is 11.6 Å². The molecule has 60 valence electrons. The van der Waals surface area contributed by atoms with Crippen molar-refractivity contribution in [3.8, 4) is 5.75 Å². The normalized spacial score (nSPS) is 9.64. The summed E-state index contributed by atoms with van der Waals surface area (Å²) in [7, 11) is 0. The van der Waals surface area contributed by atoms with Gasteiger partial charge >= 0.3 is 0 Å². The van der Waals surface area contributed by atoms with Crippen LogP contribution in [0.25, 0.3) is 0 Å². The van der Waals surface area contributed by atoms with Crippen LogP contribution in [-0.4, -0.2) is 6.61 Å². The summed E-state index contributed by atoms with van der Waals surface area (Å²) >= 11 is 5.74. The first kappa shape index (κ1) is 8.21. The molecule has 0 saturated heterocycles. The van der Waals surface area contributed by atoms with Gasteiger partial charge in [0.2, 0.25) is 0 Å². The molecule has 0 atom stereocenters. The Labute approximate surface area is 70.9 Å². The van der Waals surface area contributed by atoms with E-state index in [1.807, 2.05) is 6.92 Å². The highest BCUT2D eigenvalue weighted by Crippen LogP contribution is 2.23. The Kier molecular flexibility index (Phi) is 2.60. The van der Waals surface area contributed by atoms with Crippen molar-refractivity contribution in [1.82, 2.24) is 0 Å². The van der Waals surface area contributed by atoms with E-state index in [0.717, 1.165) is 5.75 Å². The third-order valence-electron chi connectivity index (χ3n) is 1.28. The summed E-state index contributed by atoms with van der Waals surface area (Å²) in [6, 6.07) is 5.23. The van der Waals surface area contributed by atoms with Crippen LogP contribution in [0.5, 0.6) is 5.75 Å². The zero-order valence-electron chi connectivity index (χ0n) is 6.30. The number of anilines is 1. The molecule has 0 unspecified atom stereocenters. The van der Waals surface area contributed by atoms with E-state index in [9.17, 15) is 0 Å². The van der Waals surface area contributed by atoms with E-state index >= 15 is 0 Å². The maximum absolute atomic E-state index is 5.74. The standard InChI is InChI=1S/C8H10ClNO/c1-2-11-6-3-4-8(10)7(9)5-6/h3-5H,2,10H2,1H3. The average Bonchev–Trinajstić information content (AvgIpc) is 1.98. The van der Waals surface area contributed by atoms with E-state index in [2.05, 4.69) is 0 Å². The molecular weight excluding hydrogens is 162 g/mol. The van der Waals surface area contributed by atoms with Gasteiger partial charge in [0, 0.05) is 6.07 Å². The molecule has 1 aromatic rings.